The summed E-state index contributed by atoms with van der Waals surface area (Å²) in [6.07, 6.45) is 9.73. The number of nitrogens with zero attached hydrogens (tertiary/aromatic N) is 2. The van der Waals surface area contributed by atoms with E-state index in [-0.39, 0.29) is 22.3 Å². The average molecular weight is 709 g/mol. The molecule has 4 amide bonds. The monoisotopic (exact) mass is 706 g/mol. The van der Waals surface area contributed by atoms with Crippen LogP contribution in [0, 0.1) is 0 Å². The van der Waals surface area contributed by atoms with Crippen molar-refractivity contribution in [2.75, 3.05) is 0 Å². The minimum atomic E-state index is -0.759. The van der Waals surface area contributed by atoms with Crippen LogP contribution >= 0.6 is 20.4 Å². The number of hydrogen-bond donors (Lipinski definition) is 6. The summed E-state index contributed by atoms with van der Waals surface area (Å²) in [6, 6.07) is 0. The summed E-state index contributed by atoms with van der Waals surface area (Å²) in [6.45, 7) is 3.46. The van der Waals surface area contributed by atoms with Crippen LogP contribution < -0.4 is 32.6 Å². The van der Waals surface area contributed by atoms with Crippen molar-refractivity contribution in [3.63, 3.8) is 0 Å². The van der Waals surface area contributed by atoms with E-state index in [1.165, 1.54) is 24.6 Å². The number of ketones is 2. The molecule has 6 N–H and O–H groups in total. The van der Waals surface area contributed by atoms with Gasteiger partial charge in [0.25, 0.3) is 0 Å². The molecule has 0 atom stereocenters. The van der Waals surface area contributed by atoms with E-state index in [4.69, 9.17) is 0 Å². The predicted molar refractivity (Wildman–Crippen MR) is 147 cm³/mol. The summed E-state index contributed by atoms with van der Waals surface area (Å²) in [7, 11) is 8.53. The van der Waals surface area contributed by atoms with Crippen molar-refractivity contribution in [3.8, 4) is 0 Å². The maximum absolute atomic E-state index is 12.6. The molecule has 3 rings (SSSR count). The molecule has 0 saturated carbocycles. The molecule has 0 aromatic carbocycles. The van der Waals surface area contributed by atoms with Crippen molar-refractivity contribution in [1.82, 2.24) is 32.6 Å². The Bertz CT molecular complexity index is 1270. The van der Waals surface area contributed by atoms with Crippen LogP contribution in [0.1, 0.15) is 26.7 Å². The molecule has 0 saturated heterocycles. The Morgan fingerprint density at radius 1 is 0.571 bits per heavy atom. The number of hydrazone groups is 2. The topological polar surface area (TPSA) is 199 Å². The quantitative estimate of drug-likeness (QED) is 0.152. The van der Waals surface area contributed by atoms with Gasteiger partial charge in [0.1, 0.15) is 12.8 Å². The number of rotatable bonds is 0. The molecule has 0 aromatic heterocycles. The van der Waals surface area contributed by atoms with Crippen molar-refractivity contribution in [2.45, 2.75) is 26.7 Å². The first-order valence-corrected chi connectivity index (χ1v) is 14.1. The third-order valence-corrected chi connectivity index (χ3v) is 4.89. The van der Waals surface area contributed by atoms with Crippen LogP contribution in [0.2, 0.25) is 0 Å². The SMILES string of the molecule is CC1=C/C2=C/NNC(=O)CC(=O)NN/C=C3\C=C(C)C=C(/C=N\NC(=O)CC(=O)N/N=C/C(=C1)C2=O)C3=O.[Cl][Ni].[Cl][Ni]. The zero-order chi connectivity index (χ0) is 31.7. The van der Waals surface area contributed by atoms with Gasteiger partial charge in [-0.25, -0.2) is 10.9 Å². The molecule has 1 aliphatic heterocycles. The number of hydrazine groups is 2. The number of fused-ring (bicyclic) bond motifs is 4. The Morgan fingerprint density at radius 2 is 0.929 bits per heavy atom. The standard InChI is InChI=1S/C24H24N8O6.2ClH.2Ni/c1-13-3-15-9-25-29-19(33)7-21(35)31-27-11-17-5-14(2)6-18(24(17)38)12-28-32-22(36)8-20(34)30-26-10-16(4-13)23(15)37;;;;/h3-6,9-12,25,27H,7-8H2,1-2H3,(H,29,33)(H,30,34)(H,31,35)(H,32,36);2*1H;;/q;;;2*+1/p-2/b15-9-,17-11+,26-10+,28-12-;;;;. The number of carbonyl (C=O) groups is 6. The normalized spacial score (nSPS) is 22.3. The summed E-state index contributed by atoms with van der Waals surface area (Å²) >= 11 is 6.69. The first-order valence-electron chi connectivity index (χ1n) is 11.4. The second-order valence-electron chi connectivity index (χ2n) is 8.16. The van der Waals surface area contributed by atoms with E-state index in [2.05, 4.69) is 92.3 Å². The van der Waals surface area contributed by atoms with Gasteiger partial charge in [0.05, 0.1) is 12.4 Å². The molecule has 18 heteroatoms. The molecule has 0 fully saturated rings. The van der Waals surface area contributed by atoms with Crippen LogP contribution in [-0.4, -0.2) is 47.6 Å². The van der Waals surface area contributed by atoms with E-state index >= 15 is 0 Å². The van der Waals surface area contributed by atoms with Crippen molar-refractivity contribution in [1.29, 1.82) is 0 Å². The van der Waals surface area contributed by atoms with Gasteiger partial charge in [-0.3, -0.25) is 39.6 Å². The van der Waals surface area contributed by atoms with Crippen LogP contribution in [0.5, 0.6) is 0 Å². The van der Waals surface area contributed by atoms with Gasteiger partial charge in [-0.2, -0.15) is 10.2 Å². The number of hydrogen-bond acceptors (Lipinski definition) is 10. The Morgan fingerprint density at radius 3 is 1.31 bits per heavy atom. The molecule has 14 nitrogen and oxygen atoms in total. The Hall–Kier alpha value is -3.83. The fourth-order valence-electron chi connectivity index (χ4n) is 3.26. The number of carbonyl (C=O) groups excluding carboxylic acids is 6. The van der Waals surface area contributed by atoms with Crippen LogP contribution in [-0.2, 0) is 57.9 Å². The first kappa shape index (κ1) is 36.2. The van der Waals surface area contributed by atoms with Crippen molar-refractivity contribution in [3.05, 3.63) is 70.1 Å². The maximum atomic E-state index is 12.6. The molecule has 0 aromatic rings. The van der Waals surface area contributed by atoms with Crippen LogP contribution in [0.15, 0.2) is 80.3 Å². The van der Waals surface area contributed by atoms with E-state index < -0.39 is 48.0 Å². The molecule has 42 heavy (non-hydrogen) atoms. The summed E-state index contributed by atoms with van der Waals surface area (Å²) in [5, 5.41) is 7.42. The molecule has 0 unspecified atom stereocenters. The summed E-state index contributed by atoms with van der Waals surface area (Å²) in [5.74, 6) is -3.81. The zero-order valence-electron chi connectivity index (χ0n) is 21.8. The molecule has 4 bridgehead atoms. The molecule has 1 heterocycles. The summed E-state index contributed by atoms with van der Waals surface area (Å²) in [4.78, 5) is 73.4. The van der Waals surface area contributed by atoms with Gasteiger partial charge in [-0.15, -0.1) is 0 Å². The van der Waals surface area contributed by atoms with Gasteiger partial charge >= 0.3 is 49.5 Å². The molecule has 230 valence electrons. The Kier molecular flexibility index (Phi) is 16.6. The number of halogens is 2. The van der Waals surface area contributed by atoms with Gasteiger partial charge in [0.2, 0.25) is 23.6 Å². The van der Waals surface area contributed by atoms with Crippen LogP contribution in [0.3, 0.4) is 0 Å². The van der Waals surface area contributed by atoms with Gasteiger partial charge < -0.3 is 10.9 Å². The Labute approximate surface area is 264 Å². The molecule has 0 spiro atoms. The second kappa shape index (κ2) is 19.3. The zero-order valence-corrected chi connectivity index (χ0v) is 25.3. The number of allylic oxidation sites excluding steroid dienone is 10. The second-order valence-corrected chi connectivity index (χ2v) is 8.16. The van der Waals surface area contributed by atoms with Gasteiger partial charge in [0, 0.05) is 34.7 Å². The molecular formula is C24H24Cl2N8Ni2O6. The average Bonchev–Trinajstić information content (AvgIpc) is 2.95. The minimum absolute atomic E-state index is 0.140. The third kappa shape index (κ3) is 12.4. The van der Waals surface area contributed by atoms with Gasteiger partial charge in [-0.1, -0.05) is 0 Å². The molecular weight excluding hydrogens is 685 g/mol. The van der Waals surface area contributed by atoms with Crippen molar-refractivity contribution in [2.24, 2.45) is 10.2 Å². The number of nitrogens with one attached hydrogen (secondary N) is 6. The van der Waals surface area contributed by atoms with Crippen molar-refractivity contribution >= 4 is 68.0 Å². The van der Waals surface area contributed by atoms with Gasteiger partial charge in [-0.05, 0) is 49.3 Å². The van der Waals surface area contributed by atoms with E-state index in [9.17, 15) is 28.8 Å². The number of Topliss-reactive ketones (excluding diaryl/α,β-unsaturated/α-hetero) is 2. The number of amides is 4. The summed E-state index contributed by atoms with van der Waals surface area (Å²) in [5.41, 5.74) is 15.8. The van der Waals surface area contributed by atoms with Crippen LogP contribution in [0.25, 0.3) is 0 Å². The van der Waals surface area contributed by atoms with E-state index in [1.807, 2.05) is 0 Å². The molecule has 0 radical (unpaired) electrons. The fourth-order valence-corrected chi connectivity index (χ4v) is 3.26. The first-order chi connectivity index (χ1) is 20.1. The fraction of sp³-hybridized carbons (Fsp3) is 0.167. The van der Waals surface area contributed by atoms with E-state index in [1.54, 1.807) is 26.0 Å². The van der Waals surface area contributed by atoms with Crippen LogP contribution in [0.4, 0.5) is 0 Å². The van der Waals surface area contributed by atoms with Crippen molar-refractivity contribution < 1.29 is 57.9 Å². The van der Waals surface area contributed by atoms with E-state index in [0.29, 0.717) is 11.1 Å². The van der Waals surface area contributed by atoms with E-state index in [0.717, 1.165) is 12.4 Å². The summed E-state index contributed by atoms with van der Waals surface area (Å²) < 4.78 is 0. The predicted octanol–water partition coefficient (Wildman–Crippen LogP) is 0.278. The Balaban J connectivity index is 0.00000211. The molecule has 3 aliphatic rings. The van der Waals surface area contributed by atoms with Gasteiger partial charge in [0.15, 0.2) is 11.6 Å². The molecule has 2 aliphatic carbocycles. The third-order valence-electron chi connectivity index (χ3n) is 4.89.